The zero-order chi connectivity index (χ0) is 23.0. The second-order valence-electron chi connectivity index (χ2n) is 6.06. The molecule has 14 heteroatoms. The second kappa shape index (κ2) is 8.24. The van der Waals surface area contributed by atoms with Crippen LogP contribution in [0.5, 0.6) is 0 Å². The van der Waals surface area contributed by atoms with Crippen molar-refractivity contribution >= 4 is 27.7 Å². The van der Waals surface area contributed by atoms with Crippen LogP contribution >= 0.6 is 11.6 Å². The minimum atomic E-state index is -4.93. The van der Waals surface area contributed by atoms with Crippen LogP contribution < -0.4 is 16.0 Å². The monoisotopic (exact) mass is 468 g/mol. The number of aromatic nitrogens is 2. The van der Waals surface area contributed by atoms with Crippen LogP contribution in [-0.2, 0) is 23.4 Å². The predicted octanol–water partition coefficient (Wildman–Crippen LogP) is 1.13. The van der Waals surface area contributed by atoms with Crippen molar-refractivity contribution in [2.45, 2.75) is 13.1 Å². The van der Waals surface area contributed by atoms with E-state index in [0.717, 1.165) is 29.6 Å². The van der Waals surface area contributed by atoms with E-state index in [-0.39, 0.29) is 27.9 Å². The van der Waals surface area contributed by atoms with E-state index < -0.39 is 44.8 Å². The lowest BCUT2D eigenvalue weighted by atomic mass is 10.2. The molecule has 0 unspecified atom stereocenters. The van der Waals surface area contributed by atoms with Crippen LogP contribution in [0.25, 0.3) is 5.69 Å². The van der Waals surface area contributed by atoms with Gasteiger partial charge in [0.2, 0.25) is 0 Å². The Kier molecular flexibility index (Phi) is 6.49. The van der Waals surface area contributed by atoms with Crippen LogP contribution in [0.15, 0.2) is 33.9 Å². The van der Waals surface area contributed by atoms with Gasteiger partial charge in [0.15, 0.2) is 0 Å². The minimum Gasteiger partial charge on any atom is -0.292 e. The molecule has 0 spiro atoms. The molecule has 0 radical (unpaired) electrons. The molecule has 1 aromatic carbocycles. The largest absolute Gasteiger partial charge is 0.431 e. The number of nitrogens with one attached hydrogen (secondary N) is 1. The van der Waals surface area contributed by atoms with E-state index in [2.05, 4.69) is 0 Å². The maximum atomic E-state index is 13.0. The molecule has 0 bridgehead atoms. The second-order valence-corrected chi connectivity index (χ2v) is 8.24. The molecule has 1 amide bonds. The fourth-order valence-corrected chi connectivity index (χ4v) is 3.43. The summed E-state index contributed by atoms with van der Waals surface area (Å²) in [7, 11) is -2.13. The first-order valence-electron chi connectivity index (χ1n) is 8.19. The molecule has 0 saturated heterocycles. The Morgan fingerprint density at radius 2 is 1.83 bits per heavy atom. The van der Waals surface area contributed by atoms with Gasteiger partial charge in [0.05, 0.1) is 16.3 Å². The summed E-state index contributed by atoms with van der Waals surface area (Å²) >= 11 is 5.93. The summed E-state index contributed by atoms with van der Waals surface area (Å²) in [4.78, 5) is 37.0. The molecule has 0 atom stereocenters. The van der Waals surface area contributed by atoms with Gasteiger partial charge in [0.25, 0.3) is 11.5 Å². The first kappa shape index (κ1) is 23.6. The van der Waals surface area contributed by atoms with Gasteiger partial charge in [0, 0.05) is 26.7 Å². The zero-order valence-corrected chi connectivity index (χ0v) is 17.4. The summed E-state index contributed by atoms with van der Waals surface area (Å²) in [5, 5.41) is -0.206. The van der Waals surface area contributed by atoms with Crippen molar-refractivity contribution in [1.82, 2.24) is 18.2 Å². The van der Waals surface area contributed by atoms with E-state index in [4.69, 9.17) is 11.6 Å². The van der Waals surface area contributed by atoms with Gasteiger partial charge < -0.3 is 0 Å². The third kappa shape index (κ3) is 4.57. The van der Waals surface area contributed by atoms with Crippen LogP contribution in [0, 0.1) is 0 Å². The summed E-state index contributed by atoms with van der Waals surface area (Å²) in [5.74, 6) is -1.15. The van der Waals surface area contributed by atoms with E-state index >= 15 is 0 Å². The normalized spacial score (nSPS) is 12.3. The first-order valence-corrected chi connectivity index (χ1v) is 10.0. The SMILES string of the molecule is CCN(C)S(=O)(=O)NC(=O)c1cc(-n2c(=O)cc(C(F)(F)F)n(C)c2=O)ccc1Cl. The Bertz CT molecular complexity index is 1220. The summed E-state index contributed by atoms with van der Waals surface area (Å²) in [6, 6.07) is 3.39. The maximum Gasteiger partial charge on any atom is 0.431 e. The topological polar surface area (TPSA) is 110 Å². The molecule has 1 N–H and O–H groups in total. The van der Waals surface area contributed by atoms with Crippen LogP contribution in [0.1, 0.15) is 23.0 Å². The first-order chi connectivity index (χ1) is 13.7. The van der Waals surface area contributed by atoms with Gasteiger partial charge in [-0.3, -0.25) is 14.2 Å². The number of benzene rings is 1. The van der Waals surface area contributed by atoms with Gasteiger partial charge in [-0.1, -0.05) is 18.5 Å². The highest BCUT2D eigenvalue weighted by Gasteiger charge is 2.35. The third-order valence-electron chi connectivity index (χ3n) is 4.14. The van der Waals surface area contributed by atoms with Crippen molar-refractivity contribution in [3.63, 3.8) is 0 Å². The highest BCUT2D eigenvalue weighted by atomic mass is 35.5. The number of hydrogen-bond donors (Lipinski definition) is 1. The van der Waals surface area contributed by atoms with E-state index in [1.165, 1.54) is 14.0 Å². The van der Waals surface area contributed by atoms with Gasteiger partial charge in [-0.2, -0.15) is 25.9 Å². The highest BCUT2D eigenvalue weighted by molar-refractivity contribution is 7.87. The number of halogens is 4. The summed E-state index contributed by atoms with van der Waals surface area (Å²) in [6.07, 6.45) is -4.93. The molecule has 0 fully saturated rings. The molecular weight excluding hydrogens is 453 g/mol. The van der Waals surface area contributed by atoms with Crippen LogP contribution in [0.2, 0.25) is 5.02 Å². The summed E-state index contributed by atoms with van der Waals surface area (Å²) < 4.78 is 66.2. The Hall–Kier alpha value is -2.64. The molecule has 1 aromatic heterocycles. The summed E-state index contributed by atoms with van der Waals surface area (Å²) in [5.41, 5.74) is -4.74. The van der Waals surface area contributed by atoms with Gasteiger partial charge in [-0.25, -0.2) is 14.1 Å². The molecule has 0 aliphatic carbocycles. The molecule has 2 aromatic rings. The molecule has 164 valence electrons. The third-order valence-corrected chi connectivity index (χ3v) is 5.99. The number of carbonyl (C=O) groups excluding carboxylic acids is 1. The summed E-state index contributed by atoms with van der Waals surface area (Å²) in [6.45, 7) is 1.59. The van der Waals surface area contributed by atoms with Crippen LogP contribution in [0.4, 0.5) is 13.2 Å². The van der Waals surface area contributed by atoms with Crippen molar-refractivity contribution in [1.29, 1.82) is 0 Å². The molecule has 30 heavy (non-hydrogen) atoms. The molecule has 0 aliphatic rings. The molecular formula is C16H16ClF3N4O5S. The van der Waals surface area contributed by atoms with Crippen molar-refractivity contribution in [2.75, 3.05) is 13.6 Å². The van der Waals surface area contributed by atoms with Crippen molar-refractivity contribution in [3.8, 4) is 5.69 Å². The zero-order valence-electron chi connectivity index (χ0n) is 15.8. The van der Waals surface area contributed by atoms with E-state index in [1.54, 1.807) is 4.72 Å². The quantitative estimate of drug-likeness (QED) is 0.707. The van der Waals surface area contributed by atoms with Crippen molar-refractivity contribution in [2.24, 2.45) is 7.05 Å². The number of amides is 1. The lowest BCUT2D eigenvalue weighted by Gasteiger charge is -2.16. The lowest BCUT2D eigenvalue weighted by Crippen LogP contribution is -2.42. The standard InChI is InChI=1S/C16H16ClF3N4O5S/c1-4-22(2)30(28,29)21-14(26)10-7-9(5-6-11(10)17)24-13(25)8-12(16(18,19)20)23(3)15(24)27/h5-8H,4H2,1-3H3,(H,21,26). The predicted molar refractivity (Wildman–Crippen MR) is 102 cm³/mol. The Balaban J connectivity index is 2.61. The van der Waals surface area contributed by atoms with Crippen LogP contribution in [0.3, 0.4) is 0 Å². The van der Waals surface area contributed by atoms with Crippen molar-refractivity contribution in [3.05, 3.63) is 61.4 Å². The molecule has 0 saturated carbocycles. The maximum absolute atomic E-state index is 13.0. The lowest BCUT2D eigenvalue weighted by molar-refractivity contribution is -0.144. The van der Waals surface area contributed by atoms with E-state index in [1.807, 2.05) is 0 Å². The van der Waals surface area contributed by atoms with Gasteiger partial charge in [0.1, 0.15) is 5.69 Å². The highest BCUT2D eigenvalue weighted by Crippen LogP contribution is 2.27. The van der Waals surface area contributed by atoms with E-state index in [9.17, 15) is 36.0 Å². The smallest absolute Gasteiger partial charge is 0.292 e. The fraction of sp³-hybridized carbons (Fsp3) is 0.312. The van der Waals surface area contributed by atoms with E-state index in [0.29, 0.717) is 4.57 Å². The fourth-order valence-electron chi connectivity index (χ4n) is 2.38. The van der Waals surface area contributed by atoms with Crippen LogP contribution in [-0.4, -0.2) is 41.4 Å². The molecule has 9 nitrogen and oxygen atoms in total. The Morgan fingerprint density at radius 1 is 1.23 bits per heavy atom. The Morgan fingerprint density at radius 3 is 2.37 bits per heavy atom. The average molecular weight is 469 g/mol. The molecule has 1 heterocycles. The number of nitrogens with zero attached hydrogens (tertiary/aromatic N) is 3. The number of hydrogen-bond acceptors (Lipinski definition) is 5. The van der Waals surface area contributed by atoms with Gasteiger partial charge in [-0.15, -0.1) is 0 Å². The number of rotatable bonds is 5. The number of alkyl halides is 3. The molecule has 2 rings (SSSR count). The minimum absolute atomic E-state index is 0.0629. The number of carbonyl (C=O) groups is 1. The van der Waals surface area contributed by atoms with Gasteiger partial charge >= 0.3 is 22.1 Å². The molecule has 0 aliphatic heterocycles. The average Bonchev–Trinajstić information content (AvgIpc) is 2.63. The van der Waals surface area contributed by atoms with Crippen molar-refractivity contribution < 1.29 is 26.4 Å². The van der Waals surface area contributed by atoms with Gasteiger partial charge in [-0.05, 0) is 18.2 Å². The Labute approximate surface area is 173 Å².